The SMILES string of the molecule is Cc1nc2c(o1)[C@]1(c3ccccc3)COc3c(cccc31)-c1cccc3[nH]c(Cl)c(c13)-c1oc-2nc1Cl. The predicted octanol–water partition coefficient (Wildman–Crippen LogP) is 7.80. The first kappa shape index (κ1) is 21.1. The van der Waals surface area contributed by atoms with Gasteiger partial charge in [0, 0.05) is 29.0 Å². The Labute approximate surface area is 220 Å². The van der Waals surface area contributed by atoms with Gasteiger partial charge in [0.05, 0.1) is 5.56 Å². The summed E-state index contributed by atoms with van der Waals surface area (Å²) in [6, 6.07) is 22.4. The van der Waals surface area contributed by atoms with Crippen LogP contribution in [0.15, 0.2) is 75.6 Å². The number of ether oxygens (including phenoxy) is 1. The summed E-state index contributed by atoms with van der Waals surface area (Å²) in [6.45, 7) is 2.13. The van der Waals surface area contributed by atoms with Gasteiger partial charge >= 0.3 is 0 Å². The van der Waals surface area contributed by atoms with Crippen LogP contribution in [0, 0.1) is 6.92 Å². The normalized spacial score (nSPS) is 17.3. The molecule has 0 amide bonds. The number of fused-ring (bicyclic) bond motifs is 7. The van der Waals surface area contributed by atoms with Crippen molar-refractivity contribution in [1.82, 2.24) is 15.0 Å². The Hall–Kier alpha value is -4.00. The van der Waals surface area contributed by atoms with Crippen molar-refractivity contribution in [1.29, 1.82) is 0 Å². The van der Waals surface area contributed by atoms with E-state index in [1.807, 2.05) is 37.3 Å². The molecule has 8 heteroatoms. The number of aromatic nitrogens is 3. The van der Waals surface area contributed by atoms with Crippen LogP contribution >= 0.6 is 23.2 Å². The van der Waals surface area contributed by atoms with Crippen LogP contribution in [0.5, 0.6) is 5.75 Å². The Morgan fingerprint density at radius 3 is 2.57 bits per heavy atom. The Morgan fingerprint density at radius 1 is 0.892 bits per heavy atom. The van der Waals surface area contributed by atoms with Gasteiger partial charge in [0.25, 0.3) is 5.89 Å². The molecule has 6 aromatic rings. The number of aromatic amines is 1. The van der Waals surface area contributed by atoms with Gasteiger partial charge in [-0.15, -0.1) is 0 Å². The van der Waals surface area contributed by atoms with Crippen LogP contribution in [0.25, 0.3) is 44.9 Å². The summed E-state index contributed by atoms with van der Waals surface area (Å²) in [5, 5.41) is 1.49. The fourth-order valence-corrected chi connectivity index (χ4v) is 6.34. The molecular formula is C29H17Cl2N3O3. The molecule has 8 rings (SSSR count). The van der Waals surface area contributed by atoms with Gasteiger partial charge in [-0.3, -0.25) is 0 Å². The lowest BCUT2D eigenvalue weighted by Crippen LogP contribution is -2.31. The molecule has 0 spiro atoms. The van der Waals surface area contributed by atoms with Gasteiger partial charge in [0.1, 0.15) is 22.9 Å². The Morgan fingerprint density at radius 2 is 1.70 bits per heavy atom. The van der Waals surface area contributed by atoms with E-state index in [-0.39, 0.29) is 11.0 Å². The van der Waals surface area contributed by atoms with Gasteiger partial charge in [-0.2, -0.15) is 4.98 Å². The molecule has 5 heterocycles. The molecule has 6 bridgehead atoms. The van der Waals surface area contributed by atoms with Gasteiger partial charge in [-0.05, 0) is 17.2 Å². The molecule has 6 nitrogen and oxygen atoms in total. The van der Waals surface area contributed by atoms with Crippen molar-refractivity contribution < 1.29 is 13.6 Å². The molecule has 2 aliphatic rings. The van der Waals surface area contributed by atoms with Gasteiger partial charge < -0.3 is 18.6 Å². The lowest BCUT2D eigenvalue weighted by atomic mass is 9.73. The van der Waals surface area contributed by atoms with Crippen molar-refractivity contribution in [2.24, 2.45) is 0 Å². The summed E-state index contributed by atoms with van der Waals surface area (Å²) < 4.78 is 19.3. The highest BCUT2D eigenvalue weighted by Crippen LogP contribution is 2.55. The van der Waals surface area contributed by atoms with E-state index in [2.05, 4.69) is 46.4 Å². The highest BCUT2D eigenvalue weighted by molar-refractivity contribution is 6.37. The third kappa shape index (κ3) is 2.66. The number of nitrogens with one attached hydrogen (secondary N) is 1. The molecule has 3 aromatic heterocycles. The molecule has 0 aliphatic carbocycles. The zero-order chi connectivity index (χ0) is 24.9. The average Bonchev–Trinajstić information content (AvgIpc) is 3.66. The van der Waals surface area contributed by atoms with Crippen LogP contribution in [-0.2, 0) is 5.41 Å². The third-order valence-electron chi connectivity index (χ3n) is 7.38. The molecule has 2 aliphatic heterocycles. The highest BCUT2D eigenvalue weighted by atomic mass is 35.5. The minimum atomic E-state index is -0.782. The lowest BCUT2D eigenvalue weighted by Gasteiger charge is -2.27. The number of nitrogens with zero attached hydrogens (tertiary/aromatic N) is 2. The molecule has 0 saturated carbocycles. The summed E-state index contributed by atoms with van der Waals surface area (Å²) >= 11 is 13.5. The number of halogens is 2. The van der Waals surface area contributed by atoms with E-state index < -0.39 is 5.41 Å². The molecule has 0 unspecified atom stereocenters. The summed E-state index contributed by atoms with van der Waals surface area (Å²) in [6.07, 6.45) is 0. The summed E-state index contributed by atoms with van der Waals surface area (Å²) in [5.41, 5.74) is 5.07. The van der Waals surface area contributed by atoms with E-state index in [9.17, 15) is 0 Å². The highest BCUT2D eigenvalue weighted by Gasteiger charge is 2.50. The van der Waals surface area contributed by atoms with E-state index in [0.29, 0.717) is 40.4 Å². The molecule has 0 saturated heterocycles. The van der Waals surface area contributed by atoms with Gasteiger partial charge in [0.2, 0.25) is 0 Å². The second-order valence-electron chi connectivity index (χ2n) is 9.33. The van der Waals surface area contributed by atoms with Crippen LogP contribution < -0.4 is 4.74 Å². The van der Waals surface area contributed by atoms with Crippen LogP contribution in [0.2, 0.25) is 10.3 Å². The second-order valence-corrected chi connectivity index (χ2v) is 10.1. The number of hydrogen-bond acceptors (Lipinski definition) is 5. The fraction of sp³-hybridized carbons (Fsp3) is 0.103. The van der Waals surface area contributed by atoms with Crippen LogP contribution in [-0.4, -0.2) is 21.6 Å². The Bertz CT molecular complexity index is 1890. The van der Waals surface area contributed by atoms with E-state index in [4.69, 9.17) is 41.8 Å². The first-order valence-electron chi connectivity index (χ1n) is 11.8. The predicted molar refractivity (Wildman–Crippen MR) is 141 cm³/mol. The first-order chi connectivity index (χ1) is 18.1. The van der Waals surface area contributed by atoms with Crippen molar-refractivity contribution in [2.45, 2.75) is 12.3 Å². The van der Waals surface area contributed by atoms with Crippen LogP contribution in [0.1, 0.15) is 22.8 Å². The molecule has 3 aromatic carbocycles. The maximum atomic E-state index is 6.75. The largest absolute Gasteiger partial charge is 0.491 e. The summed E-state index contributed by atoms with van der Waals surface area (Å²) in [7, 11) is 0. The van der Waals surface area contributed by atoms with Gasteiger partial charge in [-0.25, -0.2) is 4.98 Å². The quantitative estimate of drug-likeness (QED) is 0.237. The molecule has 1 atom stereocenters. The molecule has 1 N–H and O–H groups in total. The van der Waals surface area contributed by atoms with Crippen molar-refractivity contribution in [3.63, 3.8) is 0 Å². The molecule has 37 heavy (non-hydrogen) atoms. The van der Waals surface area contributed by atoms with Crippen molar-refractivity contribution >= 4 is 34.1 Å². The Balaban J connectivity index is 1.61. The number of oxazole rings is 2. The van der Waals surface area contributed by atoms with Gasteiger partial charge in [0.15, 0.2) is 28.3 Å². The molecule has 0 fully saturated rings. The fourth-order valence-electron chi connectivity index (χ4n) is 5.85. The molecular weight excluding hydrogens is 509 g/mol. The van der Waals surface area contributed by atoms with Crippen LogP contribution in [0.3, 0.4) is 0 Å². The number of rotatable bonds is 1. The van der Waals surface area contributed by atoms with E-state index >= 15 is 0 Å². The number of hydrogen-bond donors (Lipinski definition) is 1. The van der Waals surface area contributed by atoms with Crippen LogP contribution in [0.4, 0.5) is 0 Å². The third-order valence-corrected chi connectivity index (χ3v) is 7.92. The number of H-pyrrole nitrogens is 1. The van der Waals surface area contributed by atoms with Crippen molar-refractivity contribution in [3.8, 4) is 39.8 Å². The standard InChI is InChI=1S/C29H17Cl2N3O3/c1-14-32-22-25(36-14)29(15-7-3-2-4-8-15)13-35-23-17(10-5-11-18(23)29)16-9-6-12-19-20(16)21(26(30)33-19)24-27(31)34-28(22)37-24/h2-12,33H,13H2,1H3/t29-/m0/s1. The van der Waals surface area contributed by atoms with E-state index in [0.717, 1.165) is 38.9 Å². The summed E-state index contributed by atoms with van der Waals surface area (Å²) in [5.74, 6) is 2.50. The molecule has 0 radical (unpaired) electrons. The van der Waals surface area contributed by atoms with E-state index in [1.165, 1.54) is 0 Å². The average molecular weight is 526 g/mol. The smallest absolute Gasteiger partial charge is 0.250 e. The van der Waals surface area contributed by atoms with Gasteiger partial charge in [-0.1, -0.05) is 83.9 Å². The zero-order valence-corrected chi connectivity index (χ0v) is 20.9. The number of benzene rings is 3. The minimum absolute atomic E-state index is 0.198. The number of aryl methyl sites for hydroxylation is 1. The minimum Gasteiger partial charge on any atom is -0.491 e. The first-order valence-corrected chi connectivity index (χ1v) is 12.6. The van der Waals surface area contributed by atoms with E-state index in [1.54, 1.807) is 0 Å². The van der Waals surface area contributed by atoms with Crippen molar-refractivity contribution in [3.05, 3.63) is 99.8 Å². The monoisotopic (exact) mass is 525 g/mol. The number of para-hydroxylation sites is 1. The maximum absolute atomic E-state index is 6.75. The maximum Gasteiger partial charge on any atom is 0.250 e. The summed E-state index contributed by atoms with van der Waals surface area (Å²) in [4.78, 5) is 12.6. The lowest BCUT2D eigenvalue weighted by molar-refractivity contribution is 0.289. The molecule has 180 valence electrons. The van der Waals surface area contributed by atoms with Crippen molar-refractivity contribution in [2.75, 3.05) is 6.61 Å². The Kier molecular flexibility index (Phi) is 4.15. The zero-order valence-electron chi connectivity index (χ0n) is 19.4. The second kappa shape index (κ2) is 7.28. The topological polar surface area (TPSA) is 77.1 Å².